The number of nitrogens with zero attached hydrogens (tertiary/aromatic N) is 2. The second-order valence-electron chi connectivity index (χ2n) is 15.4. The van der Waals surface area contributed by atoms with E-state index in [9.17, 15) is 8.42 Å². The molecule has 54 heavy (non-hydrogen) atoms. The number of amides is 2. The van der Waals surface area contributed by atoms with Crippen LogP contribution in [0.4, 0.5) is 4.79 Å². The Bertz CT molecular complexity index is 2120. The van der Waals surface area contributed by atoms with Crippen molar-refractivity contribution in [1.29, 1.82) is 0 Å². The van der Waals surface area contributed by atoms with E-state index < -0.39 is 46.3 Å². The molecule has 0 bridgehead atoms. The van der Waals surface area contributed by atoms with Gasteiger partial charge in [-0.05, 0) is 65.5 Å². The van der Waals surface area contributed by atoms with Gasteiger partial charge in [0, 0.05) is 5.92 Å². The van der Waals surface area contributed by atoms with Crippen molar-refractivity contribution in [2.75, 3.05) is 0 Å². The molecule has 0 radical (unpaired) electrons. The van der Waals surface area contributed by atoms with Crippen LogP contribution in [-0.2, 0) is 25.0 Å². The molecule has 1 saturated heterocycles. The van der Waals surface area contributed by atoms with Crippen LogP contribution in [-0.4, -0.2) is 41.8 Å². The average Bonchev–Trinajstić information content (AvgIpc) is 3.49. The van der Waals surface area contributed by atoms with Gasteiger partial charge in [0.25, 0.3) is 10.0 Å². The van der Waals surface area contributed by atoms with E-state index in [-0.39, 0.29) is 16.2 Å². The van der Waals surface area contributed by atoms with E-state index in [0.29, 0.717) is 17.9 Å². The number of aryl methyl sites for hydroxylation is 1. The standard InChI is InChI=1S/C46H48N2O5S/c1-32-25-28-38(29-26-32)54(51,52)48-42(36-21-13-7-14-22-36)43(47(45(48)50)41(34-17-9-5-10-18-34)35-19-11-6-12-20-35)44(49)53-40-31-33(2)27-30-39(40)46(3,4)37-23-15-8-16-24-37/h5-26,28-29,33,39-43H,27,30-31H2,1-4H3. The van der Waals surface area contributed by atoms with E-state index >= 15 is 9.59 Å². The molecule has 1 aliphatic heterocycles. The maximum atomic E-state index is 15.4. The highest BCUT2D eigenvalue weighted by molar-refractivity contribution is 7.89. The topological polar surface area (TPSA) is 84.0 Å². The van der Waals surface area contributed by atoms with E-state index in [1.165, 1.54) is 17.0 Å². The lowest BCUT2D eigenvalue weighted by Crippen LogP contribution is -2.48. The molecular weight excluding hydrogens is 693 g/mol. The molecule has 5 aromatic carbocycles. The van der Waals surface area contributed by atoms with E-state index in [4.69, 9.17) is 4.74 Å². The van der Waals surface area contributed by atoms with Crippen LogP contribution >= 0.6 is 0 Å². The van der Waals surface area contributed by atoms with Crippen molar-refractivity contribution >= 4 is 22.0 Å². The van der Waals surface area contributed by atoms with Gasteiger partial charge in [0.2, 0.25) is 0 Å². The van der Waals surface area contributed by atoms with Crippen LogP contribution in [0.5, 0.6) is 0 Å². The Morgan fingerprint density at radius 3 is 1.81 bits per heavy atom. The summed E-state index contributed by atoms with van der Waals surface area (Å²) < 4.78 is 37.4. The number of urea groups is 1. The molecule has 0 spiro atoms. The lowest BCUT2D eigenvalue weighted by molar-refractivity contribution is -0.162. The lowest BCUT2D eigenvalue weighted by atomic mass is 9.64. The highest BCUT2D eigenvalue weighted by atomic mass is 32.2. The summed E-state index contributed by atoms with van der Waals surface area (Å²) in [5.74, 6) is -0.312. The van der Waals surface area contributed by atoms with Crippen molar-refractivity contribution in [2.45, 2.75) is 81.5 Å². The molecule has 1 heterocycles. The number of benzene rings is 5. The molecule has 1 aliphatic carbocycles. The summed E-state index contributed by atoms with van der Waals surface area (Å²) in [5.41, 5.74) is 3.72. The minimum Gasteiger partial charge on any atom is -0.460 e. The van der Waals surface area contributed by atoms with Crippen LogP contribution in [0.25, 0.3) is 0 Å². The molecule has 7 nitrogen and oxygen atoms in total. The monoisotopic (exact) mass is 740 g/mol. The van der Waals surface area contributed by atoms with Gasteiger partial charge in [0.05, 0.1) is 10.9 Å². The molecule has 2 fully saturated rings. The van der Waals surface area contributed by atoms with Crippen molar-refractivity contribution in [3.05, 3.63) is 173 Å². The van der Waals surface area contributed by atoms with Gasteiger partial charge in [0.15, 0.2) is 6.04 Å². The van der Waals surface area contributed by atoms with Crippen molar-refractivity contribution in [2.24, 2.45) is 11.8 Å². The van der Waals surface area contributed by atoms with Gasteiger partial charge in [-0.3, -0.25) is 4.90 Å². The van der Waals surface area contributed by atoms with E-state index in [1.807, 2.05) is 91.9 Å². The summed E-state index contributed by atoms with van der Waals surface area (Å²) in [5, 5.41) is 0. The minimum atomic E-state index is -4.48. The summed E-state index contributed by atoms with van der Waals surface area (Å²) in [6.07, 6.45) is 2.07. The minimum absolute atomic E-state index is 0.00721. The number of carbonyl (C=O) groups is 2. The summed E-state index contributed by atoms with van der Waals surface area (Å²) in [6, 6.07) is 40.6. The van der Waals surface area contributed by atoms with Gasteiger partial charge in [-0.15, -0.1) is 0 Å². The Kier molecular flexibility index (Phi) is 10.5. The molecule has 0 aromatic heterocycles. The van der Waals surface area contributed by atoms with E-state index in [1.54, 1.807) is 36.4 Å². The SMILES string of the molecule is Cc1ccc(S(=O)(=O)N2C(=O)N(C(c3ccccc3)c3ccccc3)C(C(=O)OC3CC(C)CCC3C(C)(C)c3ccccc3)C2c2ccccc2)cc1. The largest absolute Gasteiger partial charge is 0.460 e. The first-order chi connectivity index (χ1) is 26.0. The average molecular weight is 741 g/mol. The van der Waals surface area contributed by atoms with Gasteiger partial charge in [-0.1, -0.05) is 166 Å². The second kappa shape index (κ2) is 15.3. The van der Waals surface area contributed by atoms with Crippen LogP contribution in [0.3, 0.4) is 0 Å². The fraction of sp³-hybridized carbons (Fsp3) is 0.304. The normalized spacial score (nSPS) is 22.0. The molecule has 5 unspecified atom stereocenters. The molecule has 0 N–H and O–H groups in total. The van der Waals surface area contributed by atoms with Gasteiger partial charge in [0.1, 0.15) is 12.1 Å². The fourth-order valence-electron chi connectivity index (χ4n) is 8.56. The van der Waals surface area contributed by atoms with Crippen molar-refractivity contribution < 1.29 is 22.7 Å². The number of rotatable bonds is 10. The Hall–Kier alpha value is -5.21. The number of sulfonamides is 1. The molecule has 5 aromatic rings. The van der Waals surface area contributed by atoms with Gasteiger partial charge >= 0.3 is 12.0 Å². The Morgan fingerprint density at radius 1 is 0.741 bits per heavy atom. The van der Waals surface area contributed by atoms with Crippen LogP contribution in [0.2, 0.25) is 0 Å². The Morgan fingerprint density at radius 2 is 1.26 bits per heavy atom. The zero-order chi connectivity index (χ0) is 38.0. The maximum Gasteiger partial charge on any atom is 0.336 e. The molecule has 1 saturated carbocycles. The van der Waals surface area contributed by atoms with Crippen LogP contribution < -0.4 is 0 Å². The number of hydrogen-bond donors (Lipinski definition) is 0. The summed E-state index contributed by atoms with van der Waals surface area (Å²) >= 11 is 0. The molecule has 278 valence electrons. The molecular formula is C46H48N2O5S. The Balaban J connectivity index is 1.40. The lowest BCUT2D eigenvalue weighted by Gasteiger charge is -2.44. The fourth-order valence-corrected chi connectivity index (χ4v) is 10.1. The Labute approximate surface area is 319 Å². The number of carbonyl (C=O) groups excluding carboxylic acids is 2. The summed E-state index contributed by atoms with van der Waals surface area (Å²) in [4.78, 5) is 32.1. The molecule has 7 rings (SSSR count). The number of ether oxygens (including phenoxy) is 1. The third kappa shape index (κ3) is 7.07. The zero-order valence-corrected chi connectivity index (χ0v) is 32.1. The van der Waals surface area contributed by atoms with Crippen molar-refractivity contribution in [1.82, 2.24) is 9.21 Å². The summed E-state index contributed by atoms with van der Waals surface area (Å²) in [6.45, 7) is 8.47. The summed E-state index contributed by atoms with van der Waals surface area (Å²) in [7, 11) is -4.48. The zero-order valence-electron chi connectivity index (χ0n) is 31.3. The highest BCUT2D eigenvalue weighted by Crippen LogP contribution is 2.48. The van der Waals surface area contributed by atoms with Crippen LogP contribution in [0, 0.1) is 18.8 Å². The molecule has 2 amide bonds. The van der Waals surface area contributed by atoms with Gasteiger partial charge in [-0.25, -0.2) is 22.3 Å². The first kappa shape index (κ1) is 37.1. The van der Waals surface area contributed by atoms with Gasteiger partial charge in [-0.2, -0.15) is 0 Å². The predicted octanol–water partition coefficient (Wildman–Crippen LogP) is 9.65. The van der Waals surface area contributed by atoms with Crippen LogP contribution in [0.15, 0.2) is 150 Å². The highest BCUT2D eigenvalue weighted by Gasteiger charge is 2.59. The van der Waals surface area contributed by atoms with Crippen molar-refractivity contribution in [3.8, 4) is 0 Å². The quantitative estimate of drug-likeness (QED) is 0.133. The predicted molar refractivity (Wildman–Crippen MR) is 211 cm³/mol. The molecule has 8 heteroatoms. The number of hydrogen-bond acceptors (Lipinski definition) is 5. The second-order valence-corrected chi connectivity index (χ2v) is 17.2. The third-order valence-electron chi connectivity index (χ3n) is 11.5. The first-order valence-corrected chi connectivity index (χ1v) is 20.3. The number of esters is 1. The molecule has 5 atom stereocenters. The molecule has 2 aliphatic rings. The first-order valence-electron chi connectivity index (χ1n) is 18.8. The van der Waals surface area contributed by atoms with Crippen LogP contribution in [0.1, 0.15) is 79.9 Å². The van der Waals surface area contributed by atoms with E-state index in [0.717, 1.165) is 39.4 Å². The van der Waals surface area contributed by atoms with Gasteiger partial charge < -0.3 is 4.74 Å². The maximum absolute atomic E-state index is 15.4. The smallest absolute Gasteiger partial charge is 0.336 e. The van der Waals surface area contributed by atoms with E-state index in [2.05, 4.69) is 32.9 Å². The van der Waals surface area contributed by atoms with Crippen molar-refractivity contribution in [3.63, 3.8) is 0 Å². The third-order valence-corrected chi connectivity index (χ3v) is 13.3.